The molecule has 1 N–H and O–H groups in total. The fourth-order valence-electron chi connectivity index (χ4n) is 3.08. The van der Waals surface area contributed by atoms with Crippen LogP contribution in [0.25, 0.3) is 0 Å². The van der Waals surface area contributed by atoms with Gasteiger partial charge in [0.1, 0.15) is 6.04 Å². The number of hydrogen-bond donors (Lipinski definition) is 1. The third kappa shape index (κ3) is 3.15. The molecule has 19 heavy (non-hydrogen) atoms. The predicted molar refractivity (Wildman–Crippen MR) is 78.1 cm³/mol. The molecule has 0 aromatic heterocycles. The molecule has 0 radical (unpaired) electrons. The van der Waals surface area contributed by atoms with Crippen LogP contribution in [0.2, 0.25) is 0 Å². The average Bonchev–Trinajstić information content (AvgIpc) is 2.62. The normalized spacial score (nSPS) is 18.6. The van der Waals surface area contributed by atoms with Crippen LogP contribution in [0.4, 0.5) is 0 Å². The van der Waals surface area contributed by atoms with Crippen molar-refractivity contribution in [1.82, 2.24) is 10.2 Å². The van der Waals surface area contributed by atoms with Crippen molar-refractivity contribution in [3.8, 4) is 6.07 Å². The topological polar surface area (TPSA) is 39.1 Å². The molecule has 0 spiro atoms. The Hall–Kier alpha value is -1.37. The van der Waals surface area contributed by atoms with Gasteiger partial charge >= 0.3 is 0 Å². The zero-order chi connectivity index (χ0) is 13.8. The van der Waals surface area contributed by atoms with Gasteiger partial charge in [0.2, 0.25) is 0 Å². The largest absolute Gasteiger partial charge is 0.315 e. The zero-order valence-corrected chi connectivity index (χ0v) is 12.2. The third-order valence-corrected chi connectivity index (χ3v) is 3.87. The van der Waals surface area contributed by atoms with Gasteiger partial charge in [0.25, 0.3) is 0 Å². The van der Waals surface area contributed by atoms with E-state index in [2.05, 4.69) is 49.2 Å². The Morgan fingerprint density at radius 1 is 1.16 bits per heavy atom. The van der Waals surface area contributed by atoms with Crippen LogP contribution in [0.1, 0.15) is 34.7 Å². The number of nitrogens with one attached hydrogen (secondary N) is 1. The highest BCUT2D eigenvalue weighted by Crippen LogP contribution is 2.28. The summed E-state index contributed by atoms with van der Waals surface area (Å²) in [4.78, 5) is 2.31. The molecule has 1 atom stereocenters. The van der Waals surface area contributed by atoms with Gasteiger partial charge in [-0.15, -0.1) is 0 Å². The van der Waals surface area contributed by atoms with E-state index in [1.807, 2.05) is 0 Å². The molecular weight excluding hydrogens is 234 g/mol. The minimum Gasteiger partial charge on any atom is -0.315 e. The van der Waals surface area contributed by atoms with Gasteiger partial charge in [-0.1, -0.05) is 17.7 Å². The second-order valence-electron chi connectivity index (χ2n) is 5.48. The molecule has 3 heteroatoms. The maximum Gasteiger partial charge on any atom is 0.124 e. The maximum atomic E-state index is 9.63. The summed E-state index contributed by atoms with van der Waals surface area (Å²) >= 11 is 0. The highest BCUT2D eigenvalue weighted by atomic mass is 15.2. The van der Waals surface area contributed by atoms with Crippen molar-refractivity contribution in [3.63, 3.8) is 0 Å². The summed E-state index contributed by atoms with van der Waals surface area (Å²) in [6, 6.07) is 6.77. The van der Waals surface area contributed by atoms with E-state index in [1.165, 1.54) is 22.3 Å². The highest BCUT2D eigenvalue weighted by molar-refractivity contribution is 5.42. The first kappa shape index (κ1) is 14.0. The summed E-state index contributed by atoms with van der Waals surface area (Å²) in [5.74, 6) is 0. The van der Waals surface area contributed by atoms with Gasteiger partial charge in [-0.05, 0) is 50.4 Å². The summed E-state index contributed by atoms with van der Waals surface area (Å²) in [6.45, 7) is 10.3. The maximum absolute atomic E-state index is 9.63. The molecule has 1 aromatic carbocycles. The number of hydrogen-bond acceptors (Lipinski definition) is 3. The Balaban J connectivity index is 2.34. The van der Waals surface area contributed by atoms with Gasteiger partial charge in [-0.2, -0.15) is 5.26 Å². The summed E-state index contributed by atoms with van der Waals surface area (Å²) in [5, 5.41) is 13.0. The highest BCUT2D eigenvalue weighted by Gasteiger charge is 2.23. The summed E-state index contributed by atoms with van der Waals surface area (Å²) in [6.07, 6.45) is 1.11. The lowest BCUT2D eigenvalue weighted by atomic mass is 9.93. The molecule has 1 aromatic rings. The van der Waals surface area contributed by atoms with E-state index < -0.39 is 0 Å². The Morgan fingerprint density at radius 3 is 2.47 bits per heavy atom. The lowest BCUT2D eigenvalue weighted by molar-refractivity contribution is 0.251. The second kappa shape index (κ2) is 6.18. The molecule has 0 bridgehead atoms. The van der Waals surface area contributed by atoms with E-state index in [4.69, 9.17) is 0 Å². The monoisotopic (exact) mass is 257 g/mol. The van der Waals surface area contributed by atoms with Gasteiger partial charge in [-0.25, -0.2) is 0 Å². The van der Waals surface area contributed by atoms with Gasteiger partial charge in [0.05, 0.1) is 6.07 Å². The van der Waals surface area contributed by atoms with E-state index in [1.54, 1.807) is 0 Å². The minimum absolute atomic E-state index is 0.111. The first-order chi connectivity index (χ1) is 9.13. The van der Waals surface area contributed by atoms with Crippen molar-refractivity contribution < 1.29 is 0 Å². The van der Waals surface area contributed by atoms with Crippen LogP contribution in [0, 0.1) is 32.1 Å². The van der Waals surface area contributed by atoms with Gasteiger partial charge in [0.15, 0.2) is 0 Å². The fraction of sp³-hybridized carbons (Fsp3) is 0.562. The van der Waals surface area contributed by atoms with Crippen LogP contribution in [0.3, 0.4) is 0 Å². The molecule has 0 amide bonds. The molecule has 1 aliphatic rings. The standard InChI is InChI=1S/C16H23N3/c1-12-9-13(2)16(14(3)10-12)15(11-17)19-7-4-5-18-6-8-19/h9-10,15,18H,4-8H2,1-3H3. The van der Waals surface area contributed by atoms with Crippen molar-refractivity contribution in [2.24, 2.45) is 0 Å². The van der Waals surface area contributed by atoms with Crippen LogP contribution in [0.5, 0.6) is 0 Å². The molecule has 1 saturated heterocycles. The Bertz CT molecular complexity index is 456. The molecule has 1 fully saturated rings. The molecule has 1 heterocycles. The van der Waals surface area contributed by atoms with Crippen LogP contribution in [-0.4, -0.2) is 31.1 Å². The van der Waals surface area contributed by atoms with Gasteiger partial charge < -0.3 is 5.32 Å². The van der Waals surface area contributed by atoms with E-state index >= 15 is 0 Å². The van der Waals surface area contributed by atoms with Gasteiger partial charge in [0, 0.05) is 19.6 Å². The van der Waals surface area contributed by atoms with Gasteiger partial charge in [-0.3, -0.25) is 4.90 Å². The number of benzene rings is 1. The average molecular weight is 257 g/mol. The number of rotatable bonds is 2. The zero-order valence-electron chi connectivity index (χ0n) is 12.2. The van der Waals surface area contributed by atoms with Crippen LogP contribution < -0.4 is 5.32 Å². The minimum atomic E-state index is -0.111. The fourth-order valence-corrected chi connectivity index (χ4v) is 3.08. The quantitative estimate of drug-likeness (QED) is 0.884. The summed E-state index contributed by atoms with van der Waals surface area (Å²) in [5.41, 5.74) is 4.95. The molecule has 2 rings (SSSR count). The first-order valence-corrected chi connectivity index (χ1v) is 7.05. The van der Waals surface area contributed by atoms with Crippen molar-refractivity contribution >= 4 is 0 Å². The molecule has 0 saturated carbocycles. The SMILES string of the molecule is Cc1cc(C)c(C(C#N)N2CCCNCC2)c(C)c1. The van der Waals surface area contributed by atoms with Crippen LogP contribution in [0.15, 0.2) is 12.1 Å². The molecule has 102 valence electrons. The first-order valence-electron chi connectivity index (χ1n) is 7.05. The molecule has 3 nitrogen and oxygen atoms in total. The van der Waals surface area contributed by atoms with E-state index in [-0.39, 0.29) is 6.04 Å². The van der Waals surface area contributed by atoms with Crippen molar-refractivity contribution in [3.05, 3.63) is 34.4 Å². The Kier molecular flexibility index (Phi) is 4.57. The second-order valence-corrected chi connectivity index (χ2v) is 5.48. The molecule has 1 unspecified atom stereocenters. The third-order valence-electron chi connectivity index (χ3n) is 3.87. The predicted octanol–water partition coefficient (Wildman–Crippen LogP) is 2.47. The number of aryl methyl sites for hydroxylation is 3. The van der Waals surface area contributed by atoms with Crippen molar-refractivity contribution in [2.75, 3.05) is 26.2 Å². The smallest absolute Gasteiger partial charge is 0.124 e. The number of nitrogens with zero attached hydrogens (tertiary/aromatic N) is 2. The molecule has 1 aliphatic heterocycles. The van der Waals surface area contributed by atoms with Crippen molar-refractivity contribution in [1.29, 1.82) is 5.26 Å². The van der Waals surface area contributed by atoms with E-state index in [0.29, 0.717) is 0 Å². The lowest BCUT2D eigenvalue weighted by Gasteiger charge is -2.28. The Morgan fingerprint density at radius 2 is 1.84 bits per heavy atom. The van der Waals surface area contributed by atoms with Crippen LogP contribution in [-0.2, 0) is 0 Å². The van der Waals surface area contributed by atoms with E-state index in [9.17, 15) is 5.26 Å². The summed E-state index contributed by atoms with van der Waals surface area (Å²) < 4.78 is 0. The molecule has 0 aliphatic carbocycles. The Labute approximate surface area is 116 Å². The lowest BCUT2D eigenvalue weighted by Crippen LogP contribution is -2.32. The summed E-state index contributed by atoms with van der Waals surface area (Å²) in [7, 11) is 0. The van der Waals surface area contributed by atoms with Crippen molar-refractivity contribution in [2.45, 2.75) is 33.2 Å². The van der Waals surface area contributed by atoms with E-state index in [0.717, 1.165) is 32.6 Å². The number of nitriles is 1. The van der Waals surface area contributed by atoms with Crippen LogP contribution >= 0.6 is 0 Å². The molecular formula is C16H23N3.